The number of rotatable bonds is 3. The van der Waals surface area contributed by atoms with E-state index in [0.717, 1.165) is 0 Å². The Morgan fingerprint density at radius 1 is 1.29 bits per heavy atom. The van der Waals surface area contributed by atoms with E-state index in [2.05, 4.69) is 5.10 Å². The van der Waals surface area contributed by atoms with Crippen molar-refractivity contribution >= 4 is 0 Å². The second-order valence-electron chi connectivity index (χ2n) is 7.37. The lowest BCUT2D eigenvalue weighted by Crippen LogP contribution is -2.72. The number of methoxy groups -OCH3 is 1. The topological polar surface area (TPSA) is 49.1 Å². The van der Waals surface area contributed by atoms with E-state index in [1.54, 1.807) is 10.6 Å². The molecule has 2 aromatic rings. The van der Waals surface area contributed by atoms with E-state index in [1.807, 2.05) is 0 Å². The summed E-state index contributed by atoms with van der Waals surface area (Å²) < 4.78 is 35.9. The molecule has 5 nitrogen and oxygen atoms in total. The number of aryl methyl sites for hydroxylation is 1. The van der Waals surface area contributed by atoms with Gasteiger partial charge < -0.3 is 4.74 Å². The van der Waals surface area contributed by atoms with E-state index in [0.29, 0.717) is 49.2 Å². The third kappa shape index (κ3) is 1.67. The van der Waals surface area contributed by atoms with Gasteiger partial charge in [-0.3, -0.25) is 4.57 Å². The van der Waals surface area contributed by atoms with Crippen molar-refractivity contribution in [3.05, 3.63) is 45.9 Å². The van der Waals surface area contributed by atoms with Crippen molar-refractivity contribution in [3.8, 4) is 5.75 Å². The average Bonchev–Trinajstić information content (AvgIpc) is 3.03. The van der Waals surface area contributed by atoms with Gasteiger partial charge in [0.1, 0.15) is 23.1 Å². The molecule has 24 heavy (non-hydrogen) atoms. The fraction of sp³-hybridized carbons (Fsp3) is 0.529. The van der Waals surface area contributed by atoms with Crippen LogP contribution in [0.15, 0.2) is 23.0 Å². The molecule has 0 amide bonds. The maximum Gasteiger partial charge on any atom is 0.347 e. The number of aromatic nitrogens is 3. The van der Waals surface area contributed by atoms with Crippen LogP contribution >= 0.6 is 0 Å². The summed E-state index contributed by atoms with van der Waals surface area (Å²) in [7, 11) is 1.48. The number of ether oxygens (including phenoxy) is 1. The Kier molecular flexibility index (Phi) is 2.52. The number of alkyl halides is 1. The van der Waals surface area contributed by atoms with Crippen molar-refractivity contribution in [1.29, 1.82) is 0 Å². The van der Waals surface area contributed by atoms with Gasteiger partial charge in [0.15, 0.2) is 0 Å². The van der Waals surface area contributed by atoms with Gasteiger partial charge in [-0.25, -0.2) is 18.3 Å². The van der Waals surface area contributed by atoms with E-state index in [1.165, 1.54) is 23.9 Å². The Balaban J connectivity index is 1.57. The number of hydrogen-bond donors (Lipinski definition) is 0. The maximum atomic E-state index is 13.8. The third-order valence-electron chi connectivity index (χ3n) is 5.73. The summed E-state index contributed by atoms with van der Waals surface area (Å²) in [4.78, 5) is 12.9. The van der Waals surface area contributed by atoms with E-state index in [4.69, 9.17) is 4.74 Å². The van der Waals surface area contributed by atoms with Crippen LogP contribution in [0.2, 0.25) is 0 Å². The standard InChI is InChI=1S/C17H17F2N3O2/c1-24-12-5-10(4-11(18)6-12)13-2-3-14-20-22(15(23)21(13)14)17-7-16(19,8-17)9-17/h4-6,13H,2-3,7-9H2,1H3. The lowest BCUT2D eigenvalue weighted by Gasteiger charge is -2.64. The molecule has 2 bridgehead atoms. The van der Waals surface area contributed by atoms with Gasteiger partial charge in [-0.05, 0) is 24.1 Å². The Morgan fingerprint density at radius 3 is 2.71 bits per heavy atom. The van der Waals surface area contributed by atoms with Gasteiger partial charge in [-0.15, -0.1) is 0 Å². The predicted molar refractivity (Wildman–Crippen MR) is 81.6 cm³/mol. The molecule has 1 aliphatic heterocycles. The molecule has 3 fully saturated rings. The van der Waals surface area contributed by atoms with Crippen molar-refractivity contribution in [1.82, 2.24) is 14.3 Å². The lowest BCUT2D eigenvalue weighted by molar-refractivity contribution is -0.205. The minimum absolute atomic E-state index is 0.211. The van der Waals surface area contributed by atoms with Crippen LogP contribution in [0.3, 0.4) is 0 Å². The summed E-state index contributed by atoms with van der Waals surface area (Å²) >= 11 is 0. The highest BCUT2D eigenvalue weighted by molar-refractivity contribution is 5.33. The van der Waals surface area contributed by atoms with Crippen molar-refractivity contribution < 1.29 is 13.5 Å². The van der Waals surface area contributed by atoms with Gasteiger partial charge in [-0.1, -0.05) is 0 Å². The molecule has 0 saturated heterocycles. The molecule has 0 spiro atoms. The quantitative estimate of drug-likeness (QED) is 0.866. The molecular weight excluding hydrogens is 316 g/mol. The fourth-order valence-corrected chi connectivity index (χ4v) is 4.66. The Labute approximate surface area is 136 Å². The molecule has 1 atom stereocenters. The van der Waals surface area contributed by atoms with Crippen molar-refractivity contribution in [2.24, 2.45) is 0 Å². The van der Waals surface area contributed by atoms with Gasteiger partial charge in [0.25, 0.3) is 0 Å². The van der Waals surface area contributed by atoms with Gasteiger partial charge >= 0.3 is 5.69 Å². The van der Waals surface area contributed by atoms with E-state index in [9.17, 15) is 13.6 Å². The fourth-order valence-electron chi connectivity index (χ4n) is 4.66. The van der Waals surface area contributed by atoms with Crippen LogP contribution in [0.5, 0.6) is 5.75 Å². The van der Waals surface area contributed by atoms with E-state index < -0.39 is 17.0 Å². The van der Waals surface area contributed by atoms with Crippen molar-refractivity contribution in [2.75, 3.05) is 7.11 Å². The van der Waals surface area contributed by atoms with Crippen LogP contribution in [-0.4, -0.2) is 27.1 Å². The largest absolute Gasteiger partial charge is 0.497 e. The van der Waals surface area contributed by atoms with Crippen LogP contribution in [0.25, 0.3) is 0 Å². The molecule has 7 heteroatoms. The van der Waals surface area contributed by atoms with E-state index >= 15 is 0 Å². The summed E-state index contributed by atoms with van der Waals surface area (Å²) in [6, 6.07) is 4.25. The summed E-state index contributed by atoms with van der Waals surface area (Å²) in [5.74, 6) is 0.737. The molecule has 4 aliphatic rings. The molecule has 0 radical (unpaired) electrons. The normalized spacial score (nSPS) is 32.9. The maximum absolute atomic E-state index is 13.8. The third-order valence-corrected chi connectivity index (χ3v) is 5.73. The summed E-state index contributed by atoms with van der Waals surface area (Å²) in [6.07, 6.45) is 2.51. The number of nitrogens with zero attached hydrogens (tertiary/aromatic N) is 3. The zero-order valence-electron chi connectivity index (χ0n) is 13.3. The lowest BCUT2D eigenvalue weighted by atomic mass is 9.47. The number of benzene rings is 1. The predicted octanol–water partition coefficient (Wildman–Crippen LogP) is 2.33. The molecule has 6 rings (SSSR count). The first-order chi connectivity index (χ1) is 11.4. The molecule has 1 aromatic carbocycles. The zero-order chi connectivity index (χ0) is 16.7. The smallest absolute Gasteiger partial charge is 0.347 e. The number of halogens is 2. The summed E-state index contributed by atoms with van der Waals surface area (Å²) in [6.45, 7) is 0. The first kappa shape index (κ1) is 14.2. The molecule has 0 N–H and O–H groups in total. The Bertz CT molecular complexity index is 897. The van der Waals surface area contributed by atoms with Gasteiger partial charge in [0.2, 0.25) is 0 Å². The summed E-state index contributed by atoms with van der Waals surface area (Å²) in [5.41, 5.74) is -1.01. The van der Waals surface area contributed by atoms with Crippen molar-refractivity contribution in [3.63, 3.8) is 0 Å². The number of fused-ring (bicyclic) bond motifs is 1. The molecule has 3 saturated carbocycles. The van der Waals surface area contributed by atoms with Gasteiger partial charge in [0, 0.05) is 31.7 Å². The molecule has 126 valence electrons. The SMILES string of the molecule is COc1cc(F)cc(C2CCc3nn(C45CC(F)(C4)C5)c(=O)n32)c1. The van der Waals surface area contributed by atoms with Crippen molar-refractivity contribution in [2.45, 2.75) is 49.4 Å². The van der Waals surface area contributed by atoms with Crippen LogP contribution in [-0.2, 0) is 12.0 Å². The Hall–Kier alpha value is -2.18. The minimum atomic E-state index is -1.08. The highest BCUT2D eigenvalue weighted by atomic mass is 19.1. The highest BCUT2D eigenvalue weighted by Crippen LogP contribution is 2.66. The monoisotopic (exact) mass is 333 g/mol. The molecular formula is C17H17F2N3O2. The number of hydrogen-bond acceptors (Lipinski definition) is 3. The second kappa shape index (κ2) is 4.26. The first-order valence-electron chi connectivity index (χ1n) is 8.17. The summed E-state index contributed by atoms with van der Waals surface area (Å²) in [5, 5.41) is 4.47. The van der Waals surface area contributed by atoms with Gasteiger partial charge in [-0.2, -0.15) is 5.10 Å². The van der Waals surface area contributed by atoms with Crippen LogP contribution < -0.4 is 10.4 Å². The van der Waals surface area contributed by atoms with Crippen LogP contribution in [0.4, 0.5) is 8.78 Å². The van der Waals surface area contributed by atoms with E-state index in [-0.39, 0.29) is 11.7 Å². The minimum Gasteiger partial charge on any atom is -0.497 e. The average molecular weight is 333 g/mol. The Morgan fingerprint density at radius 2 is 2.04 bits per heavy atom. The second-order valence-corrected chi connectivity index (χ2v) is 7.37. The molecule has 1 unspecified atom stereocenters. The van der Waals surface area contributed by atoms with Crippen LogP contribution in [0.1, 0.15) is 43.1 Å². The zero-order valence-corrected chi connectivity index (χ0v) is 13.3. The van der Waals surface area contributed by atoms with Crippen LogP contribution in [0, 0.1) is 5.82 Å². The highest BCUT2D eigenvalue weighted by Gasteiger charge is 2.71. The first-order valence-corrected chi connectivity index (χ1v) is 8.17. The van der Waals surface area contributed by atoms with Gasteiger partial charge in [0.05, 0.1) is 18.7 Å². The molecule has 1 aromatic heterocycles. The molecule has 2 heterocycles. The molecule has 3 aliphatic carbocycles.